The van der Waals surface area contributed by atoms with Crippen LogP contribution in [0.2, 0.25) is 5.28 Å². The fourth-order valence-corrected chi connectivity index (χ4v) is 0.989. The van der Waals surface area contributed by atoms with E-state index in [-0.39, 0.29) is 17.3 Å². The summed E-state index contributed by atoms with van der Waals surface area (Å²) in [6, 6.07) is 0.371. The van der Waals surface area contributed by atoms with Crippen molar-refractivity contribution in [3.8, 4) is 6.01 Å². The number of rotatable bonds is 5. The average Bonchev–Trinajstić information content (AvgIpc) is 2.12. The molecule has 6 nitrogen and oxygen atoms in total. The van der Waals surface area contributed by atoms with Gasteiger partial charge in [0.05, 0.1) is 0 Å². The molecule has 0 radical (unpaired) electrons. The molecule has 0 atom stereocenters. The smallest absolute Gasteiger partial charge is 0.341 e. The van der Waals surface area contributed by atoms with Crippen molar-refractivity contribution in [1.29, 1.82) is 0 Å². The topological polar surface area (TPSA) is 72.0 Å². The van der Waals surface area contributed by atoms with E-state index in [2.05, 4.69) is 25.7 Å². The lowest BCUT2D eigenvalue weighted by atomic mass is 10.4. The highest BCUT2D eigenvalue weighted by Gasteiger charge is 2.06. The summed E-state index contributed by atoms with van der Waals surface area (Å²) in [6.07, 6.45) is 0. The second kappa shape index (κ2) is 5.67. The van der Waals surface area contributed by atoms with Crippen molar-refractivity contribution in [2.24, 2.45) is 0 Å². The van der Waals surface area contributed by atoms with Gasteiger partial charge in [0.25, 0.3) is 0 Å². The molecule has 2 N–H and O–H groups in total. The van der Waals surface area contributed by atoms with Gasteiger partial charge in [-0.2, -0.15) is 20.4 Å². The van der Waals surface area contributed by atoms with Gasteiger partial charge in [-0.25, -0.2) is 0 Å². The molecule has 0 spiro atoms. The van der Waals surface area contributed by atoms with Crippen molar-refractivity contribution in [1.82, 2.24) is 20.4 Å². The quantitative estimate of drug-likeness (QED) is 0.744. The van der Waals surface area contributed by atoms with Crippen LogP contribution in [0.3, 0.4) is 0 Å². The van der Waals surface area contributed by atoms with E-state index in [1.165, 1.54) is 0 Å². The zero-order valence-electron chi connectivity index (χ0n) is 8.91. The van der Waals surface area contributed by atoms with Crippen LogP contribution in [0, 0.1) is 0 Å². The minimum absolute atomic E-state index is 0.0982. The Morgan fingerprint density at radius 2 is 2.07 bits per heavy atom. The van der Waals surface area contributed by atoms with E-state index < -0.39 is 0 Å². The Morgan fingerprint density at radius 3 is 2.67 bits per heavy atom. The number of nitrogens with zero attached hydrogens (tertiary/aromatic N) is 3. The van der Waals surface area contributed by atoms with Crippen LogP contribution in [0.15, 0.2) is 0 Å². The highest BCUT2D eigenvalue weighted by atomic mass is 35.5. The van der Waals surface area contributed by atoms with Crippen LogP contribution in [0.5, 0.6) is 6.01 Å². The molecular weight excluding hydrogens is 218 g/mol. The fraction of sp³-hybridized carbons (Fsp3) is 0.625. The van der Waals surface area contributed by atoms with Gasteiger partial charge in [-0.3, -0.25) is 0 Å². The SMILES string of the molecule is CCNOc1nc(Cl)nc(NC(C)C)n1. The van der Waals surface area contributed by atoms with Crippen LogP contribution >= 0.6 is 11.6 Å². The molecule has 0 aliphatic carbocycles. The van der Waals surface area contributed by atoms with Crippen LogP contribution in [0.1, 0.15) is 20.8 Å². The van der Waals surface area contributed by atoms with Gasteiger partial charge in [-0.15, -0.1) is 0 Å². The molecule has 84 valence electrons. The molecule has 1 aromatic rings. The first kappa shape index (κ1) is 11.9. The minimum Gasteiger partial charge on any atom is -0.368 e. The number of aromatic nitrogens is 3. The van der Waals surface area contributed by atoms with Gasteiger partial charge < -0.3 is 10.2 Å². The number of hydroxylamine groups is 1. The predicted octanol–water partition coefficient (Wildman–Crippen LogP) is 1.25. The minimum atomic E-state index is 0.0982. The van der Waals surface area contributed by atoms with Crippen molar-refractivity contribution in [3.63, 3.8) is 0 Å². The molecule has 0 saturated heterocycles. The van der Waals surface area contributed by atoms with Crippen molar-refractivity contribution in [2.45, 2.75) is 26.8 Å². The Bertz CT molecular complexity index is 320. The first-order valence-corrected chi connectivity index (χ1v) is 5.07. The maximum Gasteiger partial charge on any atom is 0.341 e. The molecule has 0 saturated carbocycles. The van der Waals surface area contributed by atoms with Gasteiger partial charge in [0.15, 0.2) is 0 Å². The van der Waals surface area contributed by atoms with Crippen LogP contribution in [-0.2, 0) is 0 Å². The molecular formula is C8H14ClN5O. The maximum absolute atomic E-state index is 5.70. The number of anilines is 1. The maximum atomic E-state index is 5.70. The molecule has 0 unspecified atom stereocenters. The number of hydrogen-bond donors (Lipinski definition) is 2. The molecule has 0 aliphatic heterocycles. The van der Waals surface area contributed by atoms with E-state index in [1.807, 2.05) is 20.8 Å². The van der Waals surface area contributed by atoms with Gasteiger partial charge >= 0.3 is 6.01 Å². The third-order valence-electron chi connectivity index (χ3n) is 1.31. The second-order valence-electron chi connectivity index (χ2n) is 3.11. The van der Waals surface area contributed by atoms with Crippen molar-refractivity contribution in [2.75, 3.05) is 11.9 Å². The second-order valence-corrected chi connectivity index (χ2v) is 3.45. The Balaban J connectivity index is 2.75. The van der Waals surface area contributed by atoms with E-state index in [1.54, 1.807) is 0 Å². The molecule has 1 heterocycles. The fourth-order valence-electron chi connectivity index (χ4n) is 0.837. The third-order valence-corrected chi connectivity index (χ3v) is 1.48. The van der Waals surface area contributed by atoms with Crippen LogP contribution in [0.4, 0.5) is 5.95 Å². The summed E-state index contributed by atoms with van der Waals surface area (Å²) in [5.74, 6) is 0.401. The van der Waals surface area contributed by atoms with Gasteiger partial charge in [-0.1, -0.05) is 0 Å². The monoisotopic (exact) mass is 231 g/mol. The molecule has 0 amide bonds. The van der Waals surface area contributed by atoms with E-state index >= 15 is 0 Å². The number of hydrogen-bond acceptors (Lipinski definition) is 6. The zero-order valence-corrected chi connectivity index (χ0v) is 9.67. The van der Waals surface area contributed by atoms with E-state index in [9.17, 15) is 0 Å². The molecule has 1 rings (SSSR count). The predicted molar refractivity (Wildman–Crippen MR) is 57.9 cm³/mol. The summed E-state index contributed by atoms with van der Waals surface area (Å²) >= 11 is 5.70. The summed E-state index contributed by atoms with van der Waals surface area (Å²) in [7, 11) is 0. The van der Waals surface area contributed by atoms with E-state index in [0.29, 0.717) is 12.5 Å². The number of nitrogens with one attached hydrogen (secondary N) is 2. The van der Waals surface area contributed by atoms with Gasteiger partial charge in [0, 0.05) is 12.6 Å². The molecule has 15 heavy (non-hydrogen) atoms. The lowest BCUT2D eigenvalue weighted by Gasteiger charge is -2.09. The zero-order chi connectivity index (χ0) is 11.3. The molecule has 0 bridgehead atoms. The average molecular weight is 232 g/mol. The molecule has 7 heteroatoms. The van der Waals surface area contributed by atoms with Gasteiger partial charge in [0.1, 0.15) is 0 Å². The normalized spacial score (nSPS) is 10.5. The van der Waals surface area contributed by atoms with Gasteiger partial charge in [0.2, 0.25) is 11.2 Å². The van der Waals surface area contributed by atoms with E-state index in [4.69, 9.17) is 16.4 Å². The summed E-state index contributed by atoms with van der Waals surface area (Å²) in [5.41, 5.74) is 2.63. The van der Waals surface area contributed by atoms with Crippen LogP contribution in [-0.4, -0.2) is 27.5 Å². The highest BCUT2D eigenvalue weighted by molar-refractivity contribution is 6.28. The van der Waals surface area contributed by atoms with Gasteiger partial charge in [-0.05, 0) is 32.4 Å². The standard InChI is InChI=1S/C8H14ClN5O/c1-4-10-15-8-13-6(9)12-7(14-8)11-5(2)3/h5,10H,4H2,1-3H3,(H,11,12,13,14). The van der Waals surface area contributed by atoms with Crippen molar-refractivity contribution < 1.29 is 4.84 Å². The first-order chi connectivity index (χ1) is 7.11. The largest absolute Gasteiger partial charge is 0.368 e. The Kier molecular flexibility index (Phi) is 4.51. The Labute approximate surface area is 93.4 Å². The van der Waals surface area contributed by atoms with Crippen LogP contribution < -0.4 is 15.6 Å². The number of halogens is 1. The molecule has 0 aliphatic rings. The summed E-state index contributed by atoms with van der Waals surface area (Å²) in [6.45, 7) is 6.50. The first-order valence-electron chi connectivity index (χ1n) is 4.69. The molecule has 0 fully saturated rings. The summed E-state index contributed by atoms with van der Waals surface area (Å²) in [5, 5.41) is 3.11. The third kappa shape index (κ3) is 4.26. The lowest BCUT2D eigenvalue weighted by Crippen LogP contribution is -2.20. The highest BCUT2D eigenvalue weighted by Crippen LogP contribution is 2.11. The summed E-state index contributed by atoms with van der Waals surface area (Å²) < 4.78 is 0. The van der Waals surface area contributed by atoms with Crippen molar-refractivity contribution >= 4 is 17.5 Å². The van der Waals surface area contributed by atoms with E-state index in [0.717, 1.165) is 0 Å². The Hall–Kier alpha value is -1.14. The van der Waals surface area contributed by atoms with Crippen LogP contribution in [0.25, 0.3) is 0 Å². The summed E-state index contributed by atoms with van der Waals surface area (Å²) in [4.78, 5) is 16.7. The Morgan fingerprint density at radius 1 is 1.33 bits per heavy atom. The molecule has 1 aromatic heterocycles. The lowest BCUT2D eigenvalue weighted by molar-refractivity contribution is 0.183. The molecule has 0 aromatic carbocycles. The van der Waals surface area contributed by atoms with Crippen molar-refractivity contribution in [3.05, 3.63) is 5.28 Å².